The minimum Gasteiger partial charge on any atom is -0.323 e. The van der Waals surface area contributed by atoms with E-state index >= 15 is 0 Å². The van der Waals surface area contributed by atoms with Crippen LogP contribution in [0.3, 0.4) is 0 Å². The predicted molar refractivity (Wildman–Crippen MR) is 57.8 cm³/mol. The highest BCUT2D eigenvalue weighted by Gasteiger charge is 2.36. The number of rotatable bonds is 6. The van der Waals surface area contributed by atoms with E-state index in [2.05, 4.69) is 18.7 Å². The second kappa shape index (κ2) is 4.97. The van der Waals surface area contributed by atoms with E-state index in [4.69, 9.17) is 5.73 Å². The van der Waals surface area contributed by atoms with Crippen molar-refractivity contribution in [2.75, 3.05) is 19.6 Å². The van der Waals surface area contributed by atoms with Crippen LogP contribution < -0.4 is 5.73 Å². The van der Waals surface area contributed by atoms with Crippen molar-refractivity contribution < 1.29 is 0 Å². The molecule has 0 aromatic heterocycles. The topological polar surface area (TPSA) is 29.3 Å². The molecule has 2 heteroatoms. The SMILES string of the molecule is CCCCCCN1CC(N)(CC)C1. The Labute approximate surface area is 82.5 Å². The summed E-state index contributed by atoms with van der Waals surface area (Å²) in [6, 6.07) is 0. The zero-order valence-corrected chi connectivity index (χ0v) is 9.18. The molecule has 2 nitrogen and oxygen atoms in total. The average molecular weight is 184 g/mol. The molecule has 0 aromatic rings. The van der Waals surface area contributed by atoms with Crippen LogP contribution in [0.4, 0.5) is 0 Å². The standard InChI is InChI=1S/C11H24N2/c1-3-5-6-7-8-13-9-11(12,4-2)10-13/h3-10,12H2,1-2H3. The molecule has 0 aliphatic carbocycles. The third kappa shape index (κ3) is 3.28. The van der Waals surface area contributed by atoms with Crippen molar-refractivity contribution in [3.05, 3.63) is 0 Å². The van der Waals surface area contributed by atoms with Crippen LogP contribution in [0.2, 0.25) is 0 Å². The predicted octanol–water partition coefficient (Wildman–Crippen LogP) is 1.99. The zero-order valence-electron chi connectivity index (χ0n) is 9.18. The molecule has 1 aliphatic heterocycles. The van der Waals surface area contributed by atoms with Crippen molar-refractivity contribution in [3.63, 3.8) is 0 Å². The lowest BCUT2D eigenvalue weighted by Crippen LogP contribution is -2.66. The highest BCUT2D eigenvalue weighted by Crippen LogP contribution is 2.21. The third-order valence-corrected chi connectivity index (χ3v) is 3.11. The van der Waals surface area contributed by atoms with Crippen molar-refractivity contribution >= 4 is 0 Å². The molecule has 2 N–H and O–H groups in total. The van der Waals surface area contributed by atoms with Gasteiger partial charge in [0.2, 0.25) is 0 Å². The van der Waals surface area contributed by atoms with E-state index in [0.29, 0.717) is 0 Å². The second-order valence-electron chi connectivity index (χ2n) is 4.49. The molecule has 0 radical (unpaired) electrons. The molecule has 1 heterocycles. The average Bonchev–Trinajstić information content (AvgIpc) is 2.08. The summed E-state index contributed by atoms with van der Waals surface area (Å²) < 4.78 is 0. The molecule has 0 aromatic carbocycles. The van der Waals surface area contributed by atoms with Crippen molar-refractivity contribution in [3.8, 4) is 0 Å². The Kier molecular flexibility index (Phi) is 4.20. The fourth-order valence-corrected chi connectivity index (χ4v) is 1.99. The van der Waals surface area contributed by atoms with Gasteiger partial charge in [0, 0.05) is 18.6 Å². The van der Waals surface area contributed by atoms with Gasteiger partial charge in [-0.1, -0.05) is 33.1 Å². The summed E-state index contributed by atoms with van der Waals surface area (Å²) in [7, 11) is 0. The Hall–Kier alpha value is -0.0800. The van der Waals surface area contributed by atoms with Gasteiger partial charge in [0.15, 0.2) is 0 Å². The maximum Gasteiger partial charge on any atom is 0.0409 e. The van der Waals surface area contributed by atoms with Crippen LogP contribution in [0.1, 0.15) is 46.0 Å². The van der Waals surface area contributed by atoms with Crippen LogP contribution in [-0.2, 0) is 0 Å². The Morgan fingerprint density at radius 2 is 1.85 bits per heavy atom. The molecule has 0 atom stereocenters. The van der Waals surface area contributed by atoms with Gasteiger partial charge in [-0.05, 0) is 19.4 Å². The van der Waals surface area contributed by atoms with E-state index in [1.54, 1.807) is 0 Å². The van der Waals surface area contributed by atoms with Gasteiger partial charge in [0.1, 0.15) is 0 Å². The maximum absolute atomic E-state index is 6.08. The summed E-state index contributed by atoms with van der Waals surface area (Å²) in [6.07, 6.45) is 6.58. The molecule has 1 fully saturated rings. The fourth-order valence-electron chi connectivity index (χ4n) is 1.99. The first-order valence-corrected chi connectivity index (χ1v) is 5.71. The van der Waals surface area contributed by atoms with Crippen molar-refractivity contribution in [2.24, 2.45) is 5.73 Å². The van der Waals surface area contributed by atoms with Gasteiger partial charge < -0.3 is 5.73 Å². The van der Waals surface area contributed by atoms with Gasteiger partial charge in [-0.25, -0.2) is 0 Å². The Balaban J connectivity index is 1.96. The molecule has 78 valence electrons. The second-order valence-corrected chi connectivity index (χ2v) is 4.49. The highest BCUT2D eigenvalue weighted by molar-refractivity contribution is 4.98. The summed E-state index contributed by atoms with van der Waals surface area (Å²) in [5, 5.41) is 0. The fraction of sp³-hybridized carbons (Fsp3) is 1.00. The van der Waals surface area contributed by atoms with E-state index in [1.165, 1.54) is 32.2 Å². The molecule has 0 spiro atoms. The Morgan fingerprint density at radius 3 is 2.38 bits per heavy atom. The van der Waals surface area contributed by atoms with Gasteiger partial charge in [0.25, 0.3) is 0 Å². The Bertz CT molecular complexity index is 139. The Morgan fingerprint density at radius 1 is 1.15 bits per heavy atom. The summed E-state index contributed by atoms with van der Waals surface area (Å²) >= 11 is 0. The molecular formula is C11H24N2. The van der Waals surface area contributed by atoms with Crippen LogP contribution in [0, 0.1) is 0 Å². The van der Waals surface area contributed by atoms with Crippen LogP contribution in [0.25, 0.3) is 0 Å². The largest absolute Gasteiger partial charge is 0.323 e. The summed E-state index contributed by atoms with van der Waals surface area (Å²) in [5.41, 5.74) is 6.24. The molecule has 0 bridgehead atoms. The molecule has 1 rings (SSSR count). The van der Waals surface area contributed by atoms with Gasteiger partial charge in [-0.3, -0.25) is 4.90 Å². The van der Waals surface area contributed by atoms with Gasteiger partial charge in [0.05, 0.1) is 0 Å². The van der Waals surface area contributed by atoms with E-state index < -0.39 is 0 Å². The minimum atomic E-state index is 0.157. The van der Waals surface area contributed by atoms with E-state index in [9.17, 15) is 0 Å². The third-order valence-electron chi connectivity index (χ3n) is 3.11. The molecule has 1 saturated heterocycles. The van der Waals surface area contributed by atoms with Gasteiger partial charge >= 0.3 is 0 Å². The van der Waals surface area contributed by atoms with Gasteiger partial charge in [-0.15, -0.1) is 0 Å². The quantitative estimate of drug-likeness (QED) is 0.640. The first-order valence-electron chi connectivity index (χ1n) is 5.71. The highest BCUT2D eigenvalue weighted by atomic mass is 15.2. The lowest BCUT2D eigenvalue weighted by molar-refractivity contribution is 0.0663. The van der Waals surface area contributed by atoms with Crippen LogP contribution in [0.5, 0.6) is 0 Å². The van der Waals surface area contributed by atoms with E-state index in [1.807, 2.05) is 0 Å². The minimum absolute atomic E-state index is 0.157. The van der Waals surface area contributed by atoms with Crippen LogP contribution in [-0.4, -0.2) is 30.1 Å². The molecule has 0 saturated carbocycles. The van der Waals surface area contributed by atoms with Crippen molar-refractivity contribution in [2.45, 2.75) is 51.5 Å². The summed E-state index contributed by atoms with van der Waals surface area (Å²) in [4.78, 5) is 2.49. The molecule has 13 heavy (non-hydrogen) atoms. The van der Waals surface area contributed by atoms with Crippen LogP contribution >= 0.6 is 0 Å². The van der Waals surface area contributed by atoms with Gasteiger partial charge in [-0.2, -0.15) is 0 Å². The molecular weight excluding hydrogens is 160 g/mol. The van der Waals surface area contributed by atoms with Crippen molar-refractivity contribution in [1.29, 1.82) is 0 Å². The zero-order chi connectivity index (χ0) is 9.73. The van der Waals surface area contributed by atoms with E-state index in [-0.39, 0.29) is 5.54 Å². The van der Waals surface area contributed by atoms with Crippen LogP contribution in [0.15, 0.2) is 0 Å². The summed E-state index contributed by atoms with van der Waals surface area (Å²) in [6.45, 7) is 7.95. The summed E-state index contributed by atoms with van der Waals surface area (Å²) in [5.74, 6) is 0. The number of nitrogens with two attached hydrogens (primary N) is 1. The number of nitrogens with zero attached hydrogens (tertiary/aromatic N) is 1. The lowest BCUT2D eigenvalue weighted by atomic mass is 9.88. The normalized spacial score (nSPS) is 21.5. The molecule has 0 unspecified atom stereocenters. The number of hydrogen-bond acceptors (Lipinski definition) is 2. The number of hydrogen-bond donors (Lipinski definition) is 1. The van der Waals surface area contributed by atoms with Crippen molar-refractivity contribution in [1.82, 2.24) is 4.90 Å². The molecule has 1 aliphatic rings. The number of likely N-dealkylation sites (tertiary alicyclic amines) is 1. The first kappa shape index (κ1) is 11.0. The number of unbranched alkanes of at least 4 members (excludes halogenated alkanes) is 3. The monoisotopic (exact) mass is 184 g/mol. The molecule has 0 amide bonds. The first-order chi connectivity index (χ1) is 6.20. The maximum atomic E-state index is 6.08. The lowest BCUT2D eigenvalue weighted by Gasteiger charge is -2.47. The van der Waals surface area contributed by atoms with E-state index in [0.717, 1.165) is 19.5 Å². The smallest absolute Gasteiger partial charge is 0.0409 e.